The third-order valence-electron chi connectivity index (χ3n) is 5.92. The Kier molecular flexibility index (Phi) is 3.81. The molecule has 4 atom stereocenters. The van der Waals surface area contributed by atoms with Gasteiger partial charge in [-0.1, -0.05) is 34.6 Å². The van der Waals surface area contributed by atoms with Crippen LogP contribution in [0.1, 0.15) is 60.8 Å². The van der Waals surface area contributed by atoms with Gasteiger partial charge in [0.15, 0.2) is 0 Å². The summed E-state index contributed by atoms with van der Waals surface area (Å²) >= 11 is 0. The summed E-state index contributed by atoms with van der Waals surface area (Å²) in [5.41, 5.74) is 0.854. The van der Waals surface area contributed by atoms with Gasteiger partial charge in [-0.3, -0.25) is 0 Å². The molecule has 106 valence electrons. The summed E-state index contributed by atoms with van der Waals surface area (Å²) in [6.45, 7) is 14.9. The number of nitrogens with one attached hydrogen (secondary N) is 1. The number of rotatable bonds is 5. The topological polar surface area (TPSA) is 21.3 Å². The fourth-order valence-corrected chi connectivity index (χ4v) is 4.07. The Labute approximate surface area is 113 Å². The van der Waals surface area contributed by atoms with Crippen molar-refractivity contribution in [2.45, 2.75) is 79.1 Å². The van der Waals surface area contributed by atoms with Crippen molar-refractivity contribution in [1.29, 1.82) is 0 Å². The molecule has 0 aliphatic heterocycles. The predicted octanol–water partition coefficient (Wildman–Crippen LogP) is 3.60. The molecule has 0 radical (unpaired) electrons. The number of fused-ring (bicyclic) bond motifs is 2. The van der Waals surface area contributed by atoms with Crippen molar-refractivity contribution in [1.82, 2.24) is 5.32 Å². The van der Waals surface area contributed by atoms with E-state index in [-0.39, 0.29) is 0 Å². The van der Waals surface area contributed by atoms with Gasteiger partial charge in [-0.25, -0.2) is 0 Å². The molecule has 2 aliphatic rings. The third-order valence-corrected chi connectivity index (χ3v) is 5.92. The van der Waals surface area contributed by atoms with Crippen molar-refractivity contribution in [2.75, 3.05) is 6.54 Å². The summed E-state index contributed by atoms with van der Waals surface area (Å²) in [4.78, 5) is 0. The summed E-state index contributed by atoms with van der Waals surface area (Å²) < 4.78 is 6.37. The van der Waals surface area contributed by atoms with Crippen LogP contribution in [0.3, 0.4) is 0 Å². The quantitative estimate of drug-likeness (QED) is 0.808. The molecule has 2 heteroatoms. The van der Waals surface area contributed by atoms with Gasteiger partial charge < -0.3 is 10.1 Å². The lowest BCUT2D eigenvalue weighted by Crippen LogP contribution is -2.41. The van der Waals surface area contributed by atoms with Gasteiger partial charge in [-0.2, -0.15) is 0 Å². The molecule has 18 heavy (non-hydrogen) atoms. The Morgan fingerprint density at radius 3 is 2.33 bits per heavy atom. The molecule has 0 saturated heterocycles. The summed E-state index contributed by atoms with van der Waals surface area (Å²) in [5, 5.41) is 3.47. The van der Waals surface area contributed by atoms with Crippen molar-refractivity contribution < 1.29 is 4.74 Å². The third kappa shape index (κ3) is 2.22. The predicted molar refractivity (Wildman–Crippen MR) is 76.7 cm³/mol. The minimum atomic E-state index is 0.323. The average molecular weight is 253 g/mol. The van der Waals surface area contributed by atoms with Crippen molar-refractivity contribution >= 4 is 0 Å². The fourth-order valence-electron chi connectivity index (χ4n) is 4.07. The molecule has 0 aromatic rings. The van der Waals surface area contributed by atoms with Crippen LogP contribution in [0.4, 0.5) is 0 Å². The lowest BCUT2D eigenvalue weighted by molar-refractivity contribution is -0.0794. The van der Waals surface area contributed by atoms with Gasteiger partial charge in [0.05, 0.1) is 12.2 Å². The minimum Gasteiger partial charge on any atom is -0.373 e. The van der Waals surface area contributed by atoms with E-state index in [1.54, 1.807) is 0 Å². The smallest absolute Gasteiger partial charge is 0.0675 e. The lowest BCUT2D eigenvalue weighted by atomic mass is 9.70. The molecule has 2 saturated carbocycles. The monoisotopic (exact) mass is 253 g/mol. The second-order valence-electron chi connectivity index (χ2n) is 7.61. The molecular weight excluding hydrogens is 222 g/mol. The van der Waals surface area contributed by atoms with E-state index in [4.69, 9.17) is 4.74 Å². The van der Waals surface area contributed by atoms with Crippen LogP contribution in [0.15, 0.2) is 0 Å². The Morgan fingerprint density at radius 2 is 1.89 bits per heavy atom. The van der Waals surface area contributed by atoms with Crippen LogP contribution in [0, 0.1) is 16.7 Å². The summed E-state index contributed by atoms with van der Waals surface area (Å²) in [6.07, 6.45) is 4.82. The summed E-state index contributed by atoms with van der Waals surface area (Å²) in [7, 11) is 0. The summed E-state index contributed by atoms with van der Waals surface area (Å²) in [6, 6.07) is 0.545. The molecule has 2 fully saturated rings. The molecule has 0 heterocycles. The molecular formula is C16H31NO. The second kappa shape index (κ2) is 4.79. The maximum Gasteiger partial charge on any atom is 0.0675 e. The maximum absolute atomic E-state index is 6.37. The number of ether oxygens (including phenoxy) is 1. The van der Waals surface area contributed by atoms with Crippen LogP contribution in [-0.4, -0.2) is 24.8 Å². The van der Waals surface area contributed by atoms with E-state index in [1.807, 2.05) is 0 Å². The molecule has 0 aromatic carbocycles. The van der Waals surface area contributed by atoms with E-state index < -0.39 is 0 Å². The average Bonchev–Trinajstić information content (AvgIpc) is 2.59. The largest absolute Gasteiger partial charge is 0.373 e. The highest BCUT2D eigenvalue weighted by Crippen LogP contribution is 2.66. The zero-order valence-electron chi connectivity index (χ0n) is 13.0. The Morgan fingerprint density at radius 1 is 1.22 bits per heavy atom. The molecule has 4 unspecified atom stereocenters. The van der Waals surface area contributed by atoms with Gasteiger partial charge in [0, 0.05) is 12.6 Å². The molecule has 2 aliphatic carbocycles. The number of hydrogen-bond acceptors (Lipinski definition) is 2. The van der Waals surface area contributed by atoms with Gasteiger partial charge in [0.1, 0.15) is 0 Å². The highest BCUT2D eigenvalue weighted by atomic mass is 16.5. The molecule has 2 nitrogen and oxygen atoms in total. The van der Waals surface area contributed by atoms with Crippen LogP contribution >= 0.6 is 0 Å². The van der Waals surface area contributed by atoms with E-state index in [0.29, 0.717) is 29.1 Å². The van der Waals surface area contributed by atoms with Crippen LogP contribution in [-0.2, 0) is 4.74 Å². The molecule has 1 N–H and O–H groups in total. The molecule has 0 aromatic heterocycles. The normalized spacial score (nSPS) is 39.5. The minimum absolute atomic E-state index is 0.323. The van der Waals surface area contributed by atoms with Gasteiger partial charge >= 0.3 is 0 Å². The van der Waals surface area contributed by atoms with Gasteiger partial charge in [0.2, 0.25) is 0 Å². The highest BCUT2D eigenvalue weighted by Gasteiger charge is 2.62. The van der Waals surface area contributed by atoms with Crippen LogP contribution < -0.4 is 5.32 Å². The summed E-state index contributed by atoms with van der Waals surface area (Å²) in [5.74, 6) is 0.873. The zero-order valence-corrected chi connectivity index (χ0v) is 13.0. The SMILES string of the molecule is CC(C)NCC(C)OC1CC2CCC1(C)C2(C)C. The standard InChI is InChI=1S/C16H31NO/c1-11(2)17-10-12(3)18-14-9-13-7-8-16(14,6)15(13,4)5/h11-14,17H,7-10H2,1-6H3. The van der Waals surface area contributed by atoms with Crippen molar-refractivity contribution in [3.05, 3.63) is 0 Å². The Bertz CT molecular complexity index is 299. The van der Waals surface area contributed by atoms with Crippen molar-refractivity contribution in [3.8, 4) is 0 Å². The van der Waals surface area contributed by atoms with E-state index in [2.05, 4.69) is 46.9 Å². The van der Waals surface area contributed by atoms with Crippen LogP contribution in [0.25, 0.3) is 0 Å². The molecule has 0 amide bonds. The van der Waals surface area contributed by atoms with Crippen LogP contribution in [0.5, 0.6) is 0 Å². The van der Waals surface area contributed by atoms with Gasteiger partial charge in [0.25, 0.3) is 0 Å². The van der Waals surface area contributed by atoms with E-state index in [9.17, 15) is 0 Å². The first-order valence-corrected chi connectivity index (χ1v) is 7.66. The first-order chi connectivity index (χ1) is 8.27. The molecule has 2 bridgehead atoms. The zero-order chi connectivity index (χ0) is 13.6. The lowest BCUT2D eigenvalue weighted by Gasteiger charge is -2.40. The maximum atomic E-state index is 6.37. The first kappa shape index (κ1) is 14.3. The molecule has 0 spiro atoms. The van der Waals surface area contributed by atoms with Crippen LogP contribution in [0.2, 0.25) is 0 Å². The van der Waals surface area contributed by atoms with E-state index >= 15 is 0 Å². The molecule has 2 rings (SSSR count). The Hall–Kier alpha value is -0.0800. The van der Waals surface area contributed by atoms with E-state index in [0.717, 1.165) is 12.5 Å². The van der Waals surface area contributed by atoms with Gasteiger partial charge in [-0.15, -0.1) is 0 Å². The van der Waals surface area contributed by atoms with Gasteiger partial charge in [-0.05, 0) is 42.9 Å². The van der Waals surface area contributed by atoms with Crippen molar-refractivity contribution in [2.24, 2.45) is 16.7 Å². The van der Waals surface area contributed by atoms with E-state index in [1.165, 1.54) is 19.3 Å². The fraction of sp³-hybridized carbons (Fsp3) is 1.00. The number of hydrogen-bond donors (Lipinski definition) is 1. The Balaban J connectivity index is 1.92. The second-order valence-corrected chi connectivity index (χ2v) is 7.61. The highest BCUT2D eigenvalue weighted by molar-refractivity contribution is 5.11. The first-order valence-electron chi connectivity index (χ1n) is 7.66. The van der Waals surface area contributed by atoms with Crippen molar-refractivity contribution in [3.63, 3.8) is 0 Å².